The molecule has 5 aromatic rings. The van der Waals surface area contributed by atoms with Crippen molar-refractivity contribution >= 4 is 23.0 Å². The molecule has 5 aromatic carbocycles. The van der Waals surface area contributed by atoms with Crippen molar-refractivity contribution in [2.45, 2.75) is 25.6 Å². The number of nitrogens with zero attached hydrogens (tertiary/aromatic N) is 1. The number of rotatable bonds is 3. The smallest absolute Gasteiger partial charge is 0.340 e. The van der Waals surface area contributed by atoms with E-state index in [-0.39, 0.29) is 5.97 Å². The number of fused-ring (bicyclic) bond motifs is 7. The molecule has 5 heteroatoms. The van der Waals surface area contributed by atoms with Crippen LogP contribution in [-0.4, -0.2) is 5.97 Å². The van der Waals surface area contributed by atoms with Gasteiger partial charge in [0, 0.05) is 52.9 Å². The van der Waals surface area contributed by atoms with Gasteiger partial charge in [0.1, 0.15) is 11.5 Å². The van der Waals surface area contributed by atoms with E-state index in [2.05, 4.69) is 65.7 Å². The molecule has 0 bridgehead atoms. The lowest BCUT2D eigenvalue weighted by Crippen LogP contribution is -2.33. The summed E-state index contributed by atoms with van der Waals surface area (Å²) in [5, 5.41) is 3.54. The first-order valence-corrected chi connectivity index (χ1v) is 13.5. The Kier molecular flexibility index (Phi) is 4.86. The summed E-state index contributed by atoms with van der Waals surface area (Å²) >= 11 is 0. The lowest BCUT2D eigenvalue weighted by Gasteiger charge is -2.37. The molecular formula is C35H26N2O3. The van der Waals surface area contributed by atoms with Crippen LogP contribution >= 0.6 is 0 Å². The first-order valence-electron chi connectivity index (χ1n) is 13.5. The standard InChI is InChI=1S/C35H26N2O3/c1-22-17-32-30(19-31(22)36-25-11-3-2-4-12-25)35(28-14-8-7-13-27(28)34(38)40-35)29-16-15-26(18-33(29)39-32)37-20-23-9-5-6-10-24(23)21-37/h2-19,36H,20-21H2,1H3. The molecule has 0 amide bonds. The lowest BCUT2D eigenvalue weighted by molar-refractivity contribution is 0.0224. The Balaban J connectivity index is 1.29. The molecule has 0 aliphatic carbocycles. The van der Waals surface area contributed by atoms with Crippen molar-refractivity contribution in [1.82, 2.24) is 0 Å². The molecule has 3 heterocycles. The second-order valence-corrected chi connectivity index (χ2v) is 10.7. The molecule has 8 rings (SSSR count). The Morgan fingerprint density at radius 1 is 0.725 bits per heavy atom. The highest BCUT2D eigenvalue weighted by Gasteiger charge is 2.53. The minimum Gasteiger partial charge on any atom is -0.456 e. The maximum absolute atomic E-state index is 13.3. The van der Waals surface area contributed by atoms with Crippen LogP contribution in [0.3, 0.4) is 0 Å². The zero-order valence-corrected chi connectivity index (χ0v) is 22.0. The van der Waals surface area contributed by atoms with E-state index in [0.29, 0.717) is 17.1 Å². The molecule has 5 nitrogen and oxygen atoms in total. The fourth-order valence-electron chi connectivity index (χ4n) is 6.33. The minimum absolute atomic E-state index is 0.327. The maximum atomic E-state index is 13.3. The van der Waals surface area contributed by atoms with Crippen LogP contribution in [0.5, 0.6) is 11.5 Å². The van der Waals surface area contributed by atoms with Crippen molar-refractivity contribution in [1.29, 1.82) is 0 Å². The van der Waals surface area contributed by atoms with Crippen molar-refractivity contribution in [2.24, 2.45) is 0 Å². The van der Waals surface area contributed by atoms with Gasteiger partial charge in [-0.3, -0.25) is 0 Å². The summed E-state index contributed by atoms with van der Waals surface area (Å²) in [4.78, 5) is 15.7. The SMILES string of the molecule is Cc1cc2c(cc1Nc1ccccc1)C1(OC(=O)c3ccccc31)c1ccc(N3Cc4ccccc4C3)cc1O2. The summed E-state index contributed by atoms with van der Waals surface area (Å²) in [6, 6.07) is 36.7. The van der Waals surface area contributed by atoms with Crippen LogP contribution in [0, 0.1) is 6.92 Å². The van der Waals surface area contributed by atoms with Crippen molar-refractivity contribution in [2.75, 3.05) is 10.2 Å². The molecule has 0 fully saturated rings. The topological polar surface area (TPSA) is 50.8 Å². The highest BCUT2D eigenvalue weighted by Crippen LogP contribution is 2.57. The molecule has 0 saturated heterocycles. The highest BCUT2D eigenvalue weighted by molar-refractivity contribution is 5.97. The molecule has 0 radical (unpaired) electrons. The number of para-hydroxylation sites is 1. The van der Waals surface area contributed by atoms with Gasteiger partial charge in [-0.05, 0) is 66.1 Å². The second-order valence-electron chi connectivity index (χ2n) is 10.7. The molecule has 0 saturated carbocycles. The van der Waals surface area contributed by atoms with Crippen molar-refractivity contribution in [3.05, 3.63) is 148 Å². The van der Waals surface area contributed by atoms with Crippen LogP contribution < -0.4 is 15.0 Å². The molecule has 0 aromatic heterocycles. The molecule has 1 N–H and O–H groups in total. The van der Waals surface area contributed by atoms with E-state index in [1.54, 1.807) is 0 Å². The van der Waals surface area contributed by atoms with Crippen LogP contribution in [0.4, 0.5) is 17.1 Å². The lowest BCUT2D eigenvalue weighted by atomic mass is 9.77. The van der Waals surface area contributed by atoms with Gasteiger partial charge in [0.2, 0.25) is 0 Å². The number of carbonyl (C=O) groups is 1. The third-order valence-corrected chi connectivity index (χ3v) is 8.30. The third kappa shape index (κ3) is 3.31. The molecule has 1 unspecified atom stereocenters. The van der Waals surface area contributed by atoms with Crippen molar-refractivity contribution < 1.29 is 14.3 Å². The van der Waals surface area contributed by atoms with Crippen LogP contribution in [0.15, 0.2) is 109 Å². The van der Waals surface area contributed by atoms with E-state index in [4.69, 9.17) is 9.47 Å². The number of hydrogen-bond donors (Lipinski definition) is 1. The van der Waals surface area contributed by atoms with Gasteiger partial charge >= 0.3 is 5.97 Å². The Labute approximate surface area is 232 Å². The van der Waals surface area contributed by atoms with Gasteiger partial charge in [-0.2, -0.15) is 0 Å². The third-order valence-electron chi connectivity index (χ3n) is 8.30. The van der Waals surface area contributed by atoms with Crippen LogP contribution in [0.25, 0.3) is 0 Å². The summed E-state index contributed by atoms with van der Waals surface area (Å²) in [7, 11) is 0. The maximum Gasteiger partial charge on any atom is 0.340 e. The van der Waals surface area contributed by atoms with Gasteiger partial charge in [-0.25, -0.2) is 4.79 Å². The molecule has 1 spiro atoms. The molecule has 40 heavy (non-hydrogen) atoms. The largest absolute Gasteiger partial charge is 0.456 e. The van der Waals surface area contributed by atoms with E-state index in [1.165, 1.54) is 11.1 Å². The van der Waals surface area contributed by atoms with Crippen LogP contribution in [0.2, 0.25) is 0 Å². The van der Waals surface area contributed by atoms with Gasteiger partial charge in [0.05, 0.1) is 5.56 Å². The van der Waals surface area contributed by atoms with Crippen molar-refractivity contribution in [3.63, 3.8) is 0 Å². The molecular weight excluding hydrogens is 496 g/mol. The monoisotopic (exact) mass is 522 g/mol. The van der Waals surface area contributed by atoms with Crippen LogP contribution in [0.1, 0.15) is 43.7 Å². The highest BCUT2D eigenvalue weighted by atomic mass is 16.6. The first kappa shape index (κ1) is 22.9. The van der Waals surface area contributed by atoms with Crippen LogP contribution in [-0.2, 0) is 23.4 Å². The number of ether oxygens (including phenoxy) is 2. The van der Waals surface area contributed by atoms with E-state index in [0.717, 1.165) is 52.4 Å². The number of anilines is 3. The minimum atomic E-state index is -1.11. The van der Waals surface area contributed by atoms with Gasteiger partial charge < -0.3 is 19.7 Å². The van der Waals surface area contributed by atoms with Gasteiger partial charge in [0.25, 0.3) is 0 Å². The van der Waals surface area contributed by atoms with E-state index < -0.39 is 5.60 Å². The Morgan fingerprint density at radius 3 is 2.23 bits per heavy atom. The molecule has 194 valence electrons. The van der Waals surface area contributed by atoms with E-state index in [1.807, 2.05) is 60.7 Å². The fourth-order valence-corrected chi connectivity index (χ4v) is 6.33. The Hall–Kier alpha value is -5.03. The predicted octanol–water partition coefficient (Wildman–Crippen LogP) is 7.83. The summed E-state index contributed by atoms with van der Waals surface area (Å²) in [5.74, 6) is 1.07. The number of esters is 1. The predicted molar refractivity (Wildman–Crippen MR) is 155 cm³/mol. The van der Waals surface area contributed by atoms with Gasteiger partial charge in [-0.1, -0.05) is 60.7 Å². The number of carbonyl (C=O) groups excluding carboxylic acids is 1. The molecule has 3 aliphatic rings. The molecule has 1 atom stereocenters. The van der Waals surface area contributed by atoms with Crippen molar-refractivity contribution in [3.8, 4) is 11.5 Å². The second kappa shape index (κ2) is 8.48. The average Bonchev–Trinajstić information content (AvgIpc) is 3.54. The normalized spacial score (nSPS) is 17.9. The number of aryl methyl sites for hydroxylation is 1. The van der Waals surface area contributed by atoms with Gasteiger partial charge in [-0.15, -0.1) is 0 Å². The molecule has 3 aliphatic heterocycles. The zero-order chi connectivity index (χ0) is 26.8. The zero-order valence-electron chi connectivity index (χ0n) is 22.0. The summed E-state index contributed by atoms with van der Waals surface area (Å²) in [6.07, 6.45) is 0. The first-order chi connectivity index (χ1) is 19.6. The summed E-state index contributed by atoms with van der Waals surface area (Å²) in [6.45, 7) is 3.76. The van der Waals surface area contributed by atoms with E-state index >= 15 is 0 Å². The Morgan fingerprint density at radius 2 is 1.43 bits per heavy atom. The number of benzene rings is 5. The summed E-state index contributed by atoms with van der Waals surface area (Å²) in [5.41, 5.74) is 8.66. The quantitative estimate of drug-likeness (QED) is 0.245. The Bertz CT molecular complexity index is 1810. The summed E-state index contributed by atoms with van der Waals surface area (Å²) < 4.78 is 13.0. The van der Waals surface area contributed by atoms with Gasteiger partial charge in [0.15, 0.2) is 5.60 Å². The van der Waals surface area contributed by atoms with E-state index in [9.17, 15) is 4.79 Å². The fraction of sp³-hybridized carbons (Fsp3) is 0.114. The average molecular weight is 523 g/mol. The number of hydrogen-bond acceptors (Lipinski definition) is 5. The number of nitrogens with one attached hydrogen (secondary N) is 1.